The molecule has 1 aliphatic heterocycles. The molecule has 3 atom stereocenters. The summed E-state index contributed by atoms with van der Waals surface area (Å²) in [5.74, 6) is -4.50. The van der Waals surface area contributed by atoms with Crippen LogP contribution in [0.2, 0.25) is 0 Å². The van der Waals surface area contributed by atoms with Crippen LogP contribution >= 0.6 is 0 Å². The molecule has 2 heterocycles. The fourth-order valence-electron chi connectivity index (χ4n) is 3.72. The Morgan fingerprint density at radius 2 is 1.97 bits per heavy atom. The van der Waals surface area contributed by atoms with Gasteiger partial charge in [-0.15, -0.1) is 0 Å². The number of aromatic nitrogens is 1. The van der Waals surface area contributed by atoms with Gasteiger partial charge in [-0.05, 0) is 38.0 Å². The van der Waals surface area contributed by atoms with Gasteiger partial charge in [-0.1, -0.05) is 13.0 Å². The molecule has 160 valence electrons. The lowest BCUT2D eigenvalue weighted by Crippen LogP contribution is -2.33. The maximum atomic E-state index is 14.3. The third kappa shape index (κ3) is 3.85. The highest BCUT2D eigenvalue weighted by molar-refractivity contribution is 5.97. The van der Waals surface area contributed by atoms with Crippen molar-refractivity contribution in [3.8, 4) is 5.75 Å². The molecule has 3 rings (SSSR count). The van der Waals surface area contributed by atoms with Crippen molar-refractivity contribution in [2.24, 2.45) is 11.7 Å². The number of pyridine rings is 1. The minimum absolute atomic E-state index is 0.00679. The Balaban J connectivity index is 1.98. The molecule has 0 spiro atoms. The van der Waals surface area contributed by atoms with Crippen LogP contribution in [-0.2, 0) is 9.53 Å². The number of nitrogens with zero attached hydrogens (tertiary/aromatic N) is 1. The molecule has 1 aromatic carbocycles. The summed E-state index contributed by atoms with van der Waals surface area (Å²) in [6.45, 7) is 5.51. The van der Waals surface area contributed by atoms with Gasteiger partial charge in [-0.3, -0.25) is 14.6 Å². The highest BCUT2D eigenvalue weighted by atomic mass is 19.2. The number of hydrogen-bond donors (Lipinski definition) is 2. The number of benzene rings is 1. The number of anilines is 1. The predicted molar refractivity (Wildman–Crippen MR) is 105 cm³/mol. The van der Waals surface area contributed by atoms with Gasteiger partial charge < -0.3 is 20.5 Å². The standard InChI is InChI=1S/C21H23F2N3O4/c1-10-15(12-5-6-13(22)16(23)17(12)29-4)18(30-21(10,2)3)20(28)26-11-7-8-25-14(9-11)19(24)27/h5-10,15,18H,1-4H3,(H2,24,27)(H,25,26,28)/t10?,15-,18-/m1/s1. The number of rotatable bonds is 5. The van der Waals surface area contributed by atoms with E-state index in [0.717, 1.165) is 6.07 Å². The maximum absolute atomic E-state index is 14.3. The van der Waals surface area contributed by atoms with Gasteiger partial charge in [0.25, 0.3) is 11.8 Å². The van der Waals surface area contributed by atoms with Gasteiger partial charge in [-0.25, -0.2) is 4.39 Å². The van der Waals surface area contributed by atoms with Crippen LogP contribution in [0.4, 0.5) is 14.5 Å². The first-order chi connectivity index (χ1) is 14.1. The van der Waals surface area contributed by atoms with Gasteiger partial charge in [0.2, 0.25) is 5.82 Å². The number of primary amides is 1. The van der Waals surface area contributed by atoms with Crippen LogP contribution in [-0.4, -0.2) is 35.6 Å². The van der Waals surface area contributed by atoms with Crippen molar-refractivity contribution in [3.63, 3.8) is 0 Å². The Morgan fingerprint density at radius 1 is 1.27 bits per heavy atom. The highest BCUT2D eigenvalue weighted by Gasteiger charge is 2.51. The molecular formula is C21H23F2N3O4. The summed E-state index contributed by atoms with van der Waals surface area (Å²) in [5, 5.41) is 2.68. The molecule has 2 aromatic rings. The first-order valence-corrected chi connectivity index (χ1v) is 9.33. The van der Waals surface area contributed by atoms with Gasteiger partial charge in [0, 0.05) is 23.4 Å². The normalized spacial score (nSPS) is 22.5. The minimum Gasteiger partial charge on any atom is -0.493 e. The van der Waals surface area contributed by atoms with Crippen molar-refractivity contribution < 1.29 is 27.8 Å². The molecule has 1 saturated heterocycles. The topological polar surface area (TPSA) is 104 Å². The zero-order valence-electron chi connectivity index (χ0n) is 17.0. The molecule has 1 aromatic heterocycles. The summed E-state index contributed by atoms with van der Waals surface area (Å²) in [4.78, 5) is 28.2. The lowest BCUT2D eigenvalue weighted by atomic mass is 9.78. The summed E-state index contributed by atoms with van der Waals surface area (Å²) in [7, 11) is 1.24. The molecule has 1 fully saturated rings. The molecule has 7 nitrogen and oxygen atoms in total. The van der Waals surface area contributed by atoms with Crippen molar-refractivity contribution in [2.75, 3.05) is 12.4 Å². The number of carbonyl (C=O) groups excluding carboxylic acids is 2. The number of amides is 2. The third-order valence-electron chi connectivity index (χ3n) is 5.57. The second kappa shape index (κ2) is 7.98. The first-order valence-electron chi connectivity index (χ1n) is 9.33. The van der Waals surface area contributed by atoms with Crippen LogP contribution < -0.4 is 15.8 Å². The van der Waals surface area contributed by atoms with Gasteiger partial charge in [0.05, 0.1) is 12.7 Å². The Hall–Kier alpha value is -3.07. The average molecular weight is 419 g/mol. The van der Waals surface area contributed by atoms with Gasteiger partial charge in [0.15, 0.2) is 11.6 Å². The first kappa shape index (κ1) is 21.6. The Kier molecular flexibility index (Phi) is 5.76. The Bertz CT molecular complexity index is 996. The number of hydrogen-bond acceptors (Lipinski definition) is 5. The van der Waals surface area contributed by atoms with E-state index in [0.29, 0.717) is 11.3 Å². The van der Waals surface area contributed by atoms with Gasteiger partial charge in [0.1, 0.15) is 11.8 Å². The van der Waals surface area contributed by atoms with Crippen LogP contribution in [0.3, 0.4) is 0 Å². The summed E-state index contributed by atoms with van der Waals surface area (Å²) >= 11 is 0. The van der Waals surface area contributed by atoms with Crippen molar-refractivity contribution in [1.82, 2.24) is 4.98 Å². The zero-order valence-corrected chi connectivity index (χ0v) is 17.0. The molecule has 0 aliphatic carbocycles. The third-order valence-corrected chi connectivity index (χ3v) is 5.57. The largest absolute Gasteiger partial charge is 0.493 e. The predicted octanol–water partition coefficient (Wildman–Crippen LogP) is 3.00. The molecule has 1 unspecified atom stereocenters. The van der Waals surface area contributed by atoms with Crippen molar-refractivity contribution in [2.45, 2.75) is 38.4 Å². The SMILES string of the molecule is COc1c([C@H]2C(C)C(C)(C)O[C@H]2C(=O)Nc2ccnc(C(N)=O)c2)ccc(F)c1F. The van der Waals surface area contributed by atoms with Gasteiger partial charge >= 0.3 is 0 Å². The van der Waals surface area contributed by atoms with E-state index in [2.05, 4.69) is 10.3 Å². The zero-order chi connectivity index (χ0) is 22.2. The minimum atomic E-state index is -1.12. The highest BCUT2D eigenvalue weighted by Crippen LogP contribution is 2.49. The van der Waals surface area contributed by atoms with E-state index in [1.165, 1.54) is 31.5 Å². The summed E-state index contributed by atoms with van der Waals surface area (Å²) < 4.78 is 39.2. The lowest BCUT2D eigenvalue weighted by molar-refractivity contribution is -0.131. The average Bonchev–Trinajstić information content (AvgIpc) is 2.93. The van der Waals surface area contributed by atoms with Crippen LogP contribution in [0.15, 0.2) is 30.5 Å². The molecule has 0 bridgehead atoms. The summed E-state index contributed by atoms with van der Waals surface area (Å²) in [6, 6.07) is 5.25. The van der Waals surface area contributed by atoms with E-state index in [4.69, 9.17) is 15.2 Å². The number of halogens is 2. The molecule has 9 heteroatoms. The quantitative estimate of drug-likeness (QED) is 0.776. The van der Waals surface area contributed by atoms with E-state index in [1.54, 1.807) is 0 Å². The molecular weight excluding hydrogens is 396 g/mol. The van der Waals surface area contributed by atoms with Gasteiger partial charge in [-0.2, -0.15) is 4.39 Å². The second-order valence-electron chi connectivity index (χ2n) is 7.72. The molecule has 3 N–H and O–H groups in total. The maximum Gasteiger partial charge on any atom is 0.267 e. The fraction of sp³-hybridized carbons (Fsp3) is 0.381. The number of carbonyl (C=O) groups is 2. The molecule has 30 heavy (non-hydrogen) atoms. The van der Waals surface area contributed by atoms with Crippen molar-refractivity contribution in [3.05, 3.63) is 53.4 Å². The fourth-order valence-corrected chi connectivity index (χ4v) is 3.72. The summed E-state index contributed by atoms with van der Waals surface area (Å²) in [6.07, 6.45) is 0.326. The van der Waals surface area contributed by atoms with E-state index in [9.17, 15) is 18.4 Å². The lowest BCUT2D eigenvalue weighted by Gasteiger charge is -2.25. The van der Waals surface area contributed by atoms with Crippen molar-refractivity contribution >= 4 is 17.5 Å². The van der Waals surface area contributed by atoms with E-state index >= 15 is 0 Å². The molecule has 2 amide bonds. The van der Waals surface area contributed by atoms with Crippen LogP contribution in [0.5, 0.6) is 5.75 Å². The van der Waals surface area contributed by atoms with Crippen LogP contribution in [0.25, 0.3) is 0 Å². The smallest absolute Gasteiger partial charge is 0.267 e. The number of nitrogens with one attached hydrogen (secondary N) is 1. The van der Waals surface area contributed by atoms with E-state index in [-0.39, 0.29) is 17.4 Å². The second-order valence-corrected chi connectivity index (χ2v) is 7.72. The molecule has 0 saturated carbocycles. The number of methoxy groups -OCH3 is 1. The number of nitrogens with two attached hydrogens (primary N) is 1. The molecule has 0 radical (unpaired) electrons. The summed E-state index contributed by atoms with van der Waals surface area (Å²) in [5.41, 5.74) is 5.14. The number of ether oxygens (including phenoxy) is 2. The van der Waals surface area contributed by atoms with Crippen LogP contribution in [0, 0.1) is 17.6 Å². The molecule has 1 aliphatic rings. The Morgan fingerprint density at radius 3 is 2.60 bits per heavy atom. The van der Waals surface area contributed by atoms with Crippen molar-refractivity contribution in [1.29, 1.82) is 0 Å². The van der Waals surface area contributed by atoms with E-state index < -0.39 is 41.1 Å². The Labute approximate surface area is 172 Å². The van der Waals surface area contributed by atoms with Crippen LogP contribution in [0.1, 0.15) is 42.7 Å². The monoisotopic (exact) mass is 419 g/mol. The van der Waals surface area contributed by atoms with E-state index in [1.807, 2.05) is 20.8 Å².